The standard InChI is InChI=1S/C15H19NO4/c1-10(2)20-15(19)16-11(3)13-7-4-12(5-8-13)6-9-14(17)18/h4-11H,1-3H3,(H,16,19)(H,17,18). The predicted molar refractivity (Wildman–Crippen MR) is 76.3 cm³/mol. The number of carbonyl (C=O) groups excluding carboxylic acids is 1. The van der Waals surface area contributed by atoms with Gasteiger partial charge in [0, 0.05) is 6.08 Å². The summed E-state index contributed by atoms with van der Waals surface area (Å²) in [6, 6.07) is 7.07. The van der Waals surface area contributed by atoms with Crippen molar-refractivity contribution < 1.29 is 19.4 Å². The first-order valence-corrected chi connectivity index (χ1v) is 6.36. The van der Waals surface area contributed by atoms with Gasteiger partial charge in [-0.25, -0.2) is 9.59 Å². The highest BCUT2D eigenvalue weighted by atomic mass is 16.6. The highest BCUT2D eigenvalue weighted by Gasteiger charge is 2.11. The predicted octanol–water partition coefficient (Wildman–Crippen LogP) is 2.98. The Balaban J connectivity index is 2.63. The van der Waals surface area contributed by atoms with E-state index in [1.54, 1.807) is 26.0 Å². The van der Waals surface area contributed by atoms with Crippen LogP contribution in [0.1, 0.15) is 37.9 Å². The lowest BCUT2D eigenvalue weighted by molar-refractivity contribution is -0.131. The zero-order chi connectivity index (χ0) is 15.1. The van der Waals surface area contributed by atoms with Gasteiger partial charge in [-0.15, -0.1) is 0 Å². The van der Waals surface area contributed by atoms with Crippen molar-refractivity contribution in [2.24, 2.45) is 0 Å². The lowest BCUT2D eigenvalue weighted by atomic mass is 10.1. The monoisotopic (exact) mass is 277 g/mol. The highest BCUT2D eigenvalue weighted by molar-refractivity contribution is 5.85. The summed E-state index contributed by atoms with van der Waals surface area (Å²) in [5, 5.41) is 11.3. The van der Waals surface area contributed by atoms with Crippen LogP contribution >= 0.6 is 0 Å². The first-order chi connectivity index (χ1) is 9.38. The summed E-state index contributed by atoms with van der Waals surface area (Å²) < 4.78 is 5.00. The molecule has 0 bridgehead atoms. The number of ether oxygens (including phenoxy) is 1. The minimum Gasteiger partial charge on any atom is -0.478 e. The van der Waals surface area contributed by atoms with E-state index in [0.29, 0.717) is 0 Å². The molecule has 0 aliphatic heterocycles. The number of alkyl carbamates (subject to hydrolysis) is 1. The van der Waals surface area contributed by atoms with Gasteiger partial charge >= 0.3 is 12.1 Å². The van der Waals surface area contributed by atoms with E-state index in [1.165, 1.54) is 6.08 Å². The molecule has 1 aromatic carbocycles. The summed E-state index contributed by atoms with van der Waals surface area (Å²) in [6.07, 6.45) is 1.97. The third-order valence-corrected chi connectivity index (χ3v) is 2.53. The van der Waals surface area contributed by atoms with Crippen LogP contribution in [0.4, 0.5) is 4.79 Å². The number of hydrogen-bond donors (Lipinski definition) is 2. The van der Waals surface area contributed by atoms with Crippen LogP contribution in [0.25, 0.3) is 6.08 Å². The van der Waals surface area contributed by atoms with Crippen LogP contribution in [0, 0.1) is 0 Å². The van der Waals surface area contributed by atoms with Crippen molar-refractivity contribution in [3.63, 3.8) is 0 Å². The van der Waals surface area contributed by atoms with Crippen LogP contribution in [0.15, 0.2) is 30.3 Å². The minimum atomic E-state index is -0.986. The van der Waals surface area contributed by atoms with Crippen LogP contribution < -0.4 is 5.32 Å². The Kier molecular flexibility index (Phi) is 5.77. The second-order valence-corrected chi connectivity index (χ2v) is 4.66. The maximum Gasteiger partial charge on any atom is 0.407 e. The molecule has 1 aromatic rings. The third kappa shape index (κ3) is 5.56. The molecule has 20 heavy (non-hydrogen) atoms. The third-order valence-electron chi connectivity index (χ3n) is 2.53. The molecule has 5 heteroatoms. The molecule has 0 aromatic heterocycles. The molecule has 1 unspecified atom stereocenters. The Morgan fingerprint density at radius 2 is 1.80 bits per heavy atom. The van der Waals surface area contributed by atoms with E-state index in [1.807, 2.05) is 19.1 Å². The summed E-state index contributed by atoms with van der Waals surface area (Å²) in [5.74, 6) is -0.986. The normalized spacial score (nSPS) is 12.4. The summed E-state index contributed by atoms with van der Waals surface area (Å²) >= 11 is 0. The van der Waals surface area contributed by atoms with E-state index < -0.39 is 12.1 Å². The number of benzene rings is 1. The molecule has 2 N–H and O–H groups in total. The van der Waals surface area contributed by atoms with Crippen molar-refractivity contribution >= 4 is 18.1 Å². The van der Waals surface area contributed by atoms with Gasteiger partial charge in [0.2, 0.25) is 0 Å². The van der Waals surface area contributed by atoms with Gasteiger partial charge in [-0.2, -0.15) is 0 Å². The number of rotatable bonds is 5. The lowest BCUT2D eigenvalue weighted by Crippen LogP contribution is -2.29. The van der Waals surface area contributed by atoms with E-state index in [-0.39, 0.29) is 12.1 Å². The summed E-state index contributed by atoms with van der Waals surface area (Å²) in [4.78, 5) is 21.9. The first-order valence-electron chi connectivity index (χ1n) is 6.36. The van der Waals surface area contributed by atoms with Crippen molar-refractivity contribution in [3.8, 4) is 0 Å². The lowest BCUT2D eigenvalue weighted by Gasteiger charge is -2.16. The number of aliphatic carboxylic acids is 1. The molecule has 0 fully saturated rings. The molecule has 0 saturated carbocycles. The van der Waals surface area contributed by atoms with Gasteiger partial charge < -0.3 is 15.2 Å². The van der Waals surface area contributed by atoms with Gasteiger partial charge in [0.05, 0.1) is 12.1 Å². The molecule has 0 radical (unpaired) electrons. The fourth-order valence-electron chi connectivity index (χ4n) is 1.57. The van der Waals surface area contributed by atoms with E-state index in [2.05, 4.69) is 5.32 Å². The van der Waals surface area contributed by atoms with E-state index in [0.717, 1.165) is 17.2 Å². The van der Waals surface area contributed by atoms with Crippen LogP contribution in [0.5, 0.6) is 0 Å². The fraction of sp³-hybridized carbons (Fsp3) is 0.333. The van der Waals surface area contributed by atoms with Gasteiger partial charge in [0.1, 0.15) is 0 Å². The largest absolute Gasteiger partial charge is 0.478 e. The SMILES string of the molecule is CC(C)OC(=O)NC(C)c1ccc(C=CC(=O)O)cc1. The Labute approximate surface area is 118 Å². The Bertz CT molecular complexity index is 491. The van der Waals surface area contributed by atoms with Crippen molar-refractivity contribution in [1.82, 2.24) is 5.32 Å². The molecular formula is C15H19NO4. The fourth-order valence-corrected chi connectivity index (χ4v) is 1.57. The number of carboxylic acids is 1. The summed E-state index contributed by atoms with van der Waals surface area (Å²) in [7, 11) is 0. The molecule has 1 rings (SSSR count). The van der Waals surface area contributed by atoms with Crippen molar-refractivity contribution in [1.29, 1.82) is 0 Å². The molecule has 0 aliphatic rings. The maximum absolute atomic E-state index is 11.5. The van der Waals surface area contributed by atoms with Gasteiger partial charge in [-0.3, -0.25) is 0 Å². The van der Waals surface area contributed by atoms with E-state index in [4.69, 9.17) is 9.84 Å². The van der Waals surface area contributed by atoms with Crippen LogP contribution in [0.3, 0.4) is 0 Å². The van der Waals surface area contributed by atoms with Gasteiger partial charge in [0.15, 0.2) is 0 Å². The maximum atomic E-state index is 11.5. The van der Waals surface area contributed by atoms with Gasteiger partial charge in [0.25, 0.3) is 0 Å². The molecule has 1 atom stereocenters. The molecule has 0 heterocycles. The number of amides is 1. The average molecular weight is 277 g/mol. The quantitative estimate of drug-likeness (QED) is 0.811. The zero-order valence-corrected chi connectivity index (χ0v) is 11.8. The van der Waals surface area contributed by atoms with Crippen LogP contribution in [0.2, 0.25) is 0 Å². The molecule has 1 amide bonds. The van der Waals surface area contributed by atoms with Crippen molar-refractivity contribution in [2.45, 2.75) is 32.9 Å². The van der Waals surface area contributed by atoms with Crippen molar-refractivity contribution in [3.05, 3.63) is 41.5 Å². The highest BCUT2D eigenvalue weighted by Crippen LogP contribution is 2.14. The summed E-state index contributed by atoms with van der Waals surface area (Å²) in [5.41, 5.74) is 1.70. The Morgan fingerprint density at radius 3 is 2.30 bits per heavy atom. The topological polar surface area (TPSA) is 75.6 Å². The second kappa shape index (κ2) is 7.33. The number of nitrogens with one attached hydrogen (secondary N) is 1. The molecule has 5 nitrogen and oxygen atoms in total. The van der Waals surface area contributed by atoms with Crippen LogP contribution in [-0.2, 0) is 9.53 Å². The smallest absolute Gasteiger partial charge is 0.407 e. The molecular weight excluding hydrogens is 258 g/mol. The Hall–Kier alpha value is -2.30. The molecule has 108 valence electrons. The van der Waals surface area contributed by atoms with Crippen molar-refractivity contribution in [2.75, 3.05) is 0 Å². The minimum absolute atomic E-state index is 0.161. The number of carbonyl (C=O) groups is 2. The second-order valence-electron chi connectivity index (χ2n) is 4.66. The zero-order valence-electron chi connectivity index (χ0n) is 11.8. The first kappa shape index (κ1) is 15.8. The molecule has 0 aliphatic carbocycles. The molecule has 0 spiro atoms. The van der Waals surface area contributed by atoms with E-state index >= 15 is 0 Å². The van der Waals surface area contributed by atoms with E-state index in [9.17, 15) is 9.59 Å². The van der Waals surface area contributed by atoms with Crippen LogP contribution in [-0.4, -0.2) is 23.3 Å². The van der Waals surface area contributed by atoms with Gasteiger partial charge in [-0.05, 0) is 38.0 Å². The number of hydrogen-bond acceptors (Lipinski definition) is 3. The van der Waals surface area contributed by atoms with Gasteiger partial charge in [-0.1, -0.05) is 24.3 Å². The number of carboxylic acid groups (broad SMARTS) is 1. The molecule has 0 saturated heterocycles. The average Bonchev–Trinajstić information content (AvgIpc) is 2.35. The Morgan fingerprint density at radius 1 is 1.20 bits per heavy atom. The summed E-state index contributed by atoms with van der Waals surface area (Å²) in [6.45, 7) is 5.42.